The topological polar surface area (TPSA) is 63.4 Å². The van der Waals surface area contributed by atoms with Crippen molar-refractivity contribution in [3.8, 4) is 5.75 Å². The molecular formula is C20H26N2O3. The van der Waals surface area contributed by atoms with Crippen molar-refractivity contribution in [2.75, 3.05) is 14.2 Å². The number of phenols is 1. The predicted octanol–water partition coefficient (Wildman–Crippen LogP) is 4.06. The highest BCUT2D eigenvalue weighted by molar-refractivity contribution is 6.03. The van der Waals surface area contributed by atoms with Gasteiger partial charge in [0, 0.05) is 11.0 Å². The molecule has 2 saturated carbocycles. The summed E-state index contributed by atoms with van der Waals surface area (Å²) in [4.78, 5) is 10.2. The summed E-state index contributed by atoms with van der Waals surface area (Å²) in [6, 6.07) is 5.71. The first kappa shape index (κ1) is 16.4. The summed E-state index contributed by atoms with van der Waals surface area (Å²) >= 11 is 0. The van der Waals surface area contributed by atoms with E-state index in [0.29, 0.717) is 17.8 Å². The molecular weight excluding hydrogens is 316 g/mol. The van der Waals surface area contributed by atoms with Gasteiger partial charge in [0.15, 0.2) is 0 Å². The van der Waals surface area contributed by atoms with Crippen molar-refractivity contribution < 1.29 is 14.8 Å². The molecule has 0 unspecified atom stereocenters. The Morgan fingerprint density at radius 2 is 1.96 bits per heavy atom. The molecule has 0 saturated heterocycles. The number of fused-ring (bicyclic) bond motifs is 5. The van der Waals surface area contributed by atoms with Gasteiger partial charge in [-0.1, -0.05) is 23.3 Å². The first-order valence-electron chi connectivity index (χ1n) is 9.12. The Bertz CT molecular complexity index is 742. The lowest BCUT2D eigenvalue weighted by atomic mass is 9.55. The molecule has 3 aliphatic carbocycles. The average molecular weight is 342 g/mol. The van der Waals surface area contributed by atoms with Crippen LogP contribution in [0.5, 0.6) is 5.75 Å². The summed E-state index contributed by atoms with van der Waals surface area (Å²) in [5.41, 5.74) is 4.67. The van der Waals surface area contributed by atoms with Crippen LogP contribution in [0.1, 0.15) is 56.1 Å². The van der Waals surface area contributed by atoms with E-state index in [4.69, 9.17) is 9.68 Å². The average Bonchev–Trinajstić information content (AvgIpc) is 2.93. The molecule has 0 amide bonds. The van der Waals surface area contributed by atoms with E-state index in [0.717, 1.165) is 43.4 Å². The Morgan fingerprint density at radius 3 is 2.72 bits per heavy atom. The van der Waals surface area contributed by atoms with E-state index >= 15 is 0 Å². The van der Waals surface area contributed by atoms with Gasteiger partial charge in [-0.25, -0.2) is 0 Å². The monoisotopic (exact) mass is 342 g/mol. The molecule has 5 nitrogen and oxygen atoms in total. The molecule has 0 aromatic heterocycles. The van der Waals surface area contributed by atoms with Gasteiger partial charge in [0.25, 0.3) is 0 Å². The molecule has 0 spiro atoms. The molecule has 1 aromatic rings. The number of aromatic hydroxyl groups is 1. The lowest BCUT2D eigenvalue weighted by molar-refractivity contribution is 0.105. The van der Waals surface area contributed by atoms with Gasteiger partial charge in [-0.3, -0.25) is 0 Å². The van der Waals surface area contributed by atoms with Gasteiger partial charge in [0.05, 0.1) is 11.4 Å². The number of oxime groups is 2. The molecule has 0 heterocycles. The molecule has 4 rings (SSSR count). The van der Waals surface area contributed by atoms with Crippen LogP contribution in [0.4, 0.5) is 0 Å². The van der Waals surface area contributed by atoms with E-state index in [1.165, 1.54) is 11.3 Å². The molecule has 1 aromatic carbocycles. The second-order valence-electron chi connectivity index (χ2n) is 7.79. The number of hydrogen-bond acceptors (Lipinski definition) is 5. The minimum atomic E-state index is 0.129. The smallest absolute Gasteiger partial charge is 0.116 e. The van der Waals surface area contributed by atoms with Gasteiger partial charge in [0.2, 0.25) is 0 Å². The summed E-state index contributed by atoms with van der Waals surface area (Å²) in [6.45, 7) is 2.36. The van der Waals surface area contributed by atoms with E-state index in [1.54, 1.807) is 20.3 Å². The fraction of sp³-hybridized carbons (Fsp3) is 0.600. The summed E-state index contributed by atoms with van der Waals surface area (Å²) in [7, 11) is 3.23. The number of phenolic OH excluding ortho intramolecular Hbond substituents is 1. The summed E-state index contributed by atoms with van der Waals surface area (Å²) in [5.74, 6) is 1.93. The van der Waals surface area contributed by atoms with E-state index < -0.39 is 0 Å². The van der Waals surface area contributed by atoms with Crippen molar-refractivity contribution in [2.24, 2.45) is 27.6 Å². The summed E-state index contributed by atoms with van der Waals surface area (Å²) in [6.07, 6.45) is 5.36. The molecule has 0 aliphatic heterocycles. The van der Waals surface area contributed by atoms with Crippen LogP contribution in [-0.2, 0) is 9.68 Å². The van der Waals surface area contributed by atoms with E-state index in [2.05, 4.69) is 23.3 Å². The van der Waals surface area contributed by atoms with Gasteiger partial charge < -0.3 is 14.8 Å². The maximum Gasteiger partial charge on any atom is 0.116 e. The maximum atomic E-state index is 9.93. The largest absolute Gasteiger partial charge is 0.508 e. The third-order valence-corrected chi connectivity index (χ3v) is 6.76. The quantitative estimate of drug-likeness (QED) is 0.825. The van der Waals surface area contributed by atoms with Crippen molar-refractivity contribution in [1.82, 2.24) is 0 Å². The van der Waals surface area contributed by atoms with Gasteiger partial charge >= 0.3 is 0 Å². The Labute approximate surface area is 148 Å². The van der Waals surface area contributed by atoms with E-state index in [9.17, 15) is 5.11 Å². The Kier molecular flexibility index (Phi) is 3.97. The third-order valence-electron chi connectivity index (χ3n) is 6.76. The predicted molar refractivity (Wildman–Crippen MR) is 97.0 cm³/mol. The van der Waals surface area contributed by atoms with Crippen molar-refractivity contribution >= 4 is 11.4 Å². The van der Waals surface area contributed by atoms with Gasteiger partial charge in [0.1, 0.15) is 20.0 Å². The van der Waals surface area contributed by atoms with Crippen LogP contribution in [-0.4, -0.2) is 30.7 Å². The second kappa shape index (κ2) is 6.04. The minimum Gasteiger partial charge on any atom is -0.508 e. The molecule has 134 valence electrons. The lowest BCUT2D eigenvalue weighted by Crippen LogP contribution is -2.43. The number of hydrogen-bond donors (Lipinski definition) is 1. The van der Waals surface area contributed by atoms with Gasteiger partial charge in [-0.15, -0.1) is 0 Å². The highest BCUT2D eigenvalue weighted by atomic mass is 16.6. The number of nitrogens with zero attached hydrogens (tertiary/aromatic N) is 2. The van der Waals surface area contributed by atoms with E-state index in [-0.39, 0.29) is 11.2 Å². The normalized spacial score (nSPS) is 36.7. The molecule has 1 N–H and O–H groups in total. The fourth-order valence-electron chi connectivity index (χ4n) is 5.65. The highest BCUT2D eigenvalue weighted by Crippen LogP contribution is 2.60. The molecule has 0 bridgehead atoms. The zero-order valence-electron chi connectivity index (χ0n) is 15.2. The number of benzene rings is 1. The van der Waals surface area contributed by atoms with Crippen molar-refractivity contribution in [2.45, 2.75) is 44.9 Å². The lowest BCUT2D eigenvalue weighted by Gasteiger charge is -2.48. The van der Waals surface area contributed by atoms with Crippen molar-refractivity contribution in [3.05, 3.63) is 29.3 Å². The third kappa shape index (κ3) is 2.43. The summed E-state index contributed by atoms with van der Waals surface area (Å²) in [5, 5.41) is 18.6. The van der Waals surface area contributed by atoms with Crippen LogP contribution in [0.25, 0.3) is 0 Å². The van der Waals surface area contributed by atoms with Crippen molar-refractivity contribution in [1.29, 1.82) is 0 Å². The molecule has 0 radical (unpaired) electrons. The zero-order valence-corrected chi connectivity index (χ0v) is 15.2. The van der Waals surface area contributed by atoms with Gasteiger partial charge in [-0.2, -0.15) is 0 Å². The second-order valence-corrected chi connectivity index (χ2v) is 7.79. The van der Waals surface area contributed by atoms with Crippen LogP contribution in [0.15, 0.2) is 28.5 Å². The van der Waals surface area contributed by atoms with Crippen LogP contribution < -0.4 is 0 Å². The first-order chi connectivity index (χ1) is 12.1. The molecule has 4 atom stereocenters. The van der Waals surface area contributed by atoms with Crippen molar-refractivity contribution in [3.63, 3.8) is 0 Å². The molecule has 5 heteroatoms. The number of rotatable bonds is 2. The zero-order chi connectivity index (χ0) is 17.6. The Hall–Kier alpha value is -2.04. The highest BCUT2D eigenvalue weighted by Gasteiger charge is 2.54. The standard InChI is InChI=1S/C20H26N2O3/c1-20-9-8-14-13-5-4-12(23)10-16(13)18(21-24-2)11-15(14)17(20)6-7-19(20)22-25-3/h4-5,10,14-15,17,23H,6-9,11H2,1-3H3/b21-18-,22-19+/t14-,15-,17+,20+/m1/s1. The minimum absolute atomic E-state index is 0.129. The Morgan fingerprint density at radius 1 is 1.16 bits per heavy atom. The van der Waals surface area contributed by atoms with E-state index in [1.807, 2.05) is 6.07 Å². The Balaban J connectivity index is 1.77. The fourth-order valence-corrected chi connectivity index (χ4v) is 5.65. The van der Waals surface area contributed by atoms with Gasteiger partial charge in [-0.05, 0) is 67.6 Å². The first-order valence-corrected chi connectivity index (χ1v) is 9.12. The SMILES string of the molecule is CO/N=C1/C[C@@H]2[C@H](CC[C@]3(C)/C(=N/OC)CC[C@@H]23)c2ccc(O)cc21. The molecule has 2 fully saturated rings. The molecule has 3 aliphatic rings. The van der Waals surface area contributed by atoms with Crippen LogP contribution in [0, 0.1) is 17.3 Å². The molecule has 25 heavy (non-hydrogen) atoms. The van der Waals surface area contributed by atoms with Crippen LogP contribution >= 0.6 is 0 Å². The van der Waals surface area contributed by atoms with Crippen LogP contribution in [0.3, 0.4) is 0 Å². The van der Waals surface area contributed by atoms with Crippen LogP contribution in [0.2, 0.25) is 0 Å². The maximum absolute atomic E-state index is 9.93. The summed E-state index contributed by atoms with van der Waals surface area (Å²) < 4.78 is 0.